The summed E-state index contributed by atoms with van der Waals surface area (Å²) in [6.07, 6.45) is -3.50. The maximum absolute atomic E-state index is 14.3. The van der Waals surface area contributed by atoms with Gasteiger partial charge in [-0.25, -0.2) is 18.4 Å². The molecule has 192 valence electrons. The van der Waals surface area contributed by atoms with Crippen LogP contribution in [0.4, 0.5) is 42.1 Å². The normalized spacial score (nSPS) is 22.2. The zero-order valence-corrected chi connectivity index (χ0v) is 18.9. The van der Waals surface area contributed by atoms with Crippen molar-refractivity contribution in [3.05, 3.63) is 42.1 Å². The van der Waals surface area contributed by atoms with Gasteiger partial charge in [0.25, 0.3) is 0 Å². The molecule has 7 nitrogen and oxygen atoms in total. The zero-order chi connectivity index (χ0) is 26.3. The van der Waals surface area contributed by atoms with Gasteiger partial charge in [-0.15, -0.1) is 0 Å². The molecule has 35 heavy (non-hydrogen) atoms. The molecule has 1 aromatic heterocycles. The molecule has 3 rings (SSSR count). The predicted octanol–water partition coefficient (Wildman–Crippen LogP) is 4.78. The first-order valence-electron chi connectivity index (χ1n) is 9.80. The number of carbonyl (C=O) groups is 1. The smallest absolute Gasteiger partial charge is 0.396 e. The van der Waals surface area contributed by atoms with E-state index in [1.165, 1.54) is 6.07 Å². The van der Waals surface area contributed by atoms with Crippen molar-refractivity contribution >= 4 is 27.0 Å². The molecule has 1 saturated heterocycles. The molecule has 0 radical (unpaired) electrons. The summed E-state index contributed by atoms with van der Waals surface area (Å²) in [4.78, 5) is 17.5. The minimum Gasteiger partial charge on any atom is -0.429 e. The van der Waals surface area contributed by atoms with Crippen molar-refractivity contribution in [1.29, 1.82) is 4.78 Å². The Bertz CT molecular complexity index is 1240. The molecule has 0 aliphatic carbocycles. The van der Waals surface area contributed by atoms with E-state index in [4.69, 9.17) is 4.78 Å². The molecule has 0 saturated carbocycles. The van der Waals surface area contributed by atoms with Crippen molar-refractivity contribution in [3.8, 4) is 5.75 Å². The Morgan fingerprint density at radius 1 is 1.31 bits per heavy atom. The lowest BCUT2D eigenvalue weighted by Crippen LogP contribution is -2.40. The van der Waals surface area contributed by atoms with Crippen LogP contribution in [-0.2, 0) is 14.5 Å². The first-order chi connectivity index (χ1) is 16.0. The van der Waals surface area contributed by atoms with Crippen molar-refractivity contribution in [2.24, 2.45) is 5.41 Å². The molecular weight excluding hydrogens is 509 g/mol. The van der Waals surface area contributed by atoms with E-state index in [2.05, 4.69) is 15.0 Å². The highest BCUT2D eigenvalue weighted by atomic mass is 32.2. The maximum Gasteiger partial charge on any atom is 0.396 e. The standard InChI is InChI=1S/C20H19F7N4O3S/c1-19(20(25,26)27)8-13(17(32)30-10-5-6-29-14(7-10)35(2,28)33)31(9-19)12-4-3-11(21)15(22)16(12)34-18(23)24/h3-7,13,18,28H,8-9H2,1-2H3,(H,29,30,32)/t13-,19?,35+/m0/s1. The number of benzene rings is 1. The Morgan fingerprint density at radius 2 is 1.97 bits per heavy atom. The van der Waals surface area contributed by atoms with Crippen LogP contribution in [0.2, 0.25) is 0 Å². The Labute approximate surface area is 195 Å². The van der Waals surface area contributed by atoms with Gasteiger partial charge in [-0.05, 0) is 37.6 Å². The van der Waals surface area contributed by atoms with E-state index < -0.39 is 75.9 Å². The Kier molecular flexibility index (Phi) is 6.94. The lowest BCUT2D eigenvalue weighted by molar-refractivity contribution is -0.210. The average Bonchev–Trinajstić information content (AvgIpc) is 3.10. The van der Waals surface area contributed by atoms with Crippen LogP contribution < -0.4 is 15.0 Å². The van der Waals surface area contributed by atoms with Crippen LogP contribution in [0.25, 0.3) is 0 Å². The molecule has 1 amide bonds. The quantitative estimate of drug-likeness (QED) is 0.527. The number of halogens is 7. The summed E-state index contributed by atoms with van der Waals surface area (Å²) < 4.78 is 119. The maximum atomic E-state index is 14.3. The van der Waals surface area contributed by atoms with Crippen molar-refractivity contribution in [1.82, 2.24) is 4.98 Å². The van der Waals surface area contributed by atoms with Gasteiger partial charge in [-0.3, -0.25) is 4.79 Å². The monoisotopic (exact) mass is 528 g/mol. The number of pyridine rings is 1. The fourth-order valence-electron chi connectivity index (χ4n) is 3.66. The predicted molar refractivity (Wildman–Crippen MR) is 111 cm³/mol. The molecule has 1 aliphatic rings. The fraction of sp³-hybridized carbons (Fsp3) is 0.400. The molecule has 1 fully saturated rings. The first-order valence-corrected chi connectivity index (χ1v) is 11.8. The minimum atomic E-state index is -4.84. The Balaban J connectivity index is 2.05. The summed E-state index contributed by atoms with van der Waals surface area (Å²) in [5.41, 5.74) is -3.24. The van der Waals surface area contributed by atoms with E-state index in [1.807, 2.05) is 0 Å². The van der Waals surface area contributed by atoms with Crippen molar-refractivity contribution < 1.29 is 44.5 Å². The van der Waals surface area contributed by atoms with Crippen LogP contribution in [0.1, 0.15) is 13.3 Å². The van der Waals surface area contributed by atoms with E-state index in [1.54, 1.807) is 0 Å². The topological polar surface area (TPSA) is 95.4 Å². The van der Waals surface area contributed by atoms with Gasteiger partial charge in [0, 0.05) is 24.7 Å². The van der Waals surface area contributed by atoms with Crippen LogP contribution in [-0.4, -0.2) is 46.7 Å². The molecular formula is C20H19F7N4O3S. The van der Waals surface area contributed by atoms with E-state index in [9.17, 15) is 39.7 Å². The summed E-state index contributed by atoms with van der Waals surface area (Å²) >= 11 is 0. The van der Waals surface area contributed by atoms with E-state index in [-0.39, 0.29) is 10.7 Å². The van der Waals surface area contributed by atoms with Crippen LogP contribution in [0.5, 0.6) is 5.75 Å². The summed E-state index contributed by atoms with van der Waals surface area (Å²) in [6.45, 7) is -3.77. The number of aromatic nitrogens is 1. The molecule has 0 bridgehead atoms. The van der Waals surface area contributed by atoms with E-state index in [0.29, 0.717) is 6.07 Å². The second-order valence-electron chi connectivity index (χ2n) is 8.21. The summed E-state index contributed by atoms with van der Waals surface area (Å²) in [5, 5.41) is 2.12. The number of hydrogen-bond donors (Lipinski definition) is 2. The summed E-state index contributed by atoms with van der Waals surface area (Å²) in [5.74, 6) is -5.81. The van der Waals surface area contributed by atoms with E-state index >= 15 is 0 Å². The molecule has 1 unspecified atom stereocenters. The highest BCUT2D eigenvalue weighted by Gasteiger charge is 2.59. The number of nitrogens with one attached hydrogen (secondary N) is 2. The van der Waals surface area contributed by atoms with Gasteiger partial charge in [0.1, 0.15) is 11.1 Å². The average molecular weight is 528 g/mol. The number of rotatable bonds is 6. The number of carbonyl (C=O) groups excluding carboxylic acids is 1. The highest BCUT2D eigenvalue weighted by molar-refractivity contribution is 7.91. The first kappa shape index (κ1) is 26.5. The van der Waals surface area contributed by atoms with Crippen LogP contribution in [0.3, 0.4) is 0 Å². The van der Waals surface area contributed by atoms with Gasteiger partial charge in [0.15, 0.2) is 11.6 Å². The fourth-order valence-corrected chi connectivity index (χ4v) is 4.27. The van der Waals surface area contributed by atoms with Gasteiger partial charge < -0.3 is 15.0 Å². The SMILES string of the molecule is CC1(C(F)(F)F)C[C@@H](C(=O)Nc2ccnc([S@](C)(=N)=O)c2)N(c2ccc(F)c(F)c2OC(F)F)C1. The number of hydrogen-bond acceptors (Lipinski definition) is 6. The number of amides is 1. The van der Waals surface area contributed by atoms with Gasteiger partial charge in [-0.2, -0.15) is 26.3 Å². The molecule has 2 N–H and O–H groups in total. The van der Waals surface area contributed by atoms with Crippen molar-refractivity contribution in [2.45, 2.75) is 37.2 Å². The molecule has 1 aromatic carbocycles. The van der Waals surface area contributed by atoms with Gasteiger partial charge >= 0.3 is 12.8 Å². The van der Waals surface area contributed by atoms with E-state index in [0.717, 1.165) is 36.4 Å². The lowest BCUT2D eigenvalue weighted by atomic mass is 9.87. The molecule has 0 spiro atoms. The number of ether oxygens (including phenoxy) is 1. The summed E-state index contributed by atoms with van der Waals surface area (Å²) in [7, 11) is -3.28. The third-order valence-electron chi connectivity index (χ3n) is 5.47. The van der Waals surface area contributed by atoms with Crippen molar-refractivity contribution in [2.75, 3.05) is 23.0 Å². The van der Waals surface area contributed by atoms with Crippen LogP contribution >= 0.6 is 0 Å². The van der Waals surface area contributed by atoms with Crippen LogP contribution in [0, 0.1) is 21.8 Å². The Hall–Kier alpha value is -3.10. The van der Waals surface area contributed by atoms with Gasteiger partial charge in [0.05, 0.1) is 20.8 Å². The second-order valence-corrected chi connectivity index (χ2v) is 10.3. The number of alkyl halides is 5. The number of anilines is 2. The van der Waals surface area contributed by atoms with Crippen molar-refractivity contribution in [3.63, 3.8) is 0 Å². The minimum absolute atomic E-state index is 0.0447. The Morgan fingerprint density at radius 3 is 2.54 bits per heavy atom. The second kappa shape index (κ2) is 9.17. The summed E-state index contributed by atoms with van der Waals surface area (Å²) in [6, 6.07) is 1.92. The zero-order valence-electron chi connectivity index (χ0n) is 18.1. The van der Waals surface area contributed by atoms with Gasteiger partial charge in [-0.1, -0.05) is 0 Å². The number of nitrogens with zero attached hydrogens (tertiary/aromatic N) is 2. The molecule has 1 aliphatic heterocycles. The third-order valence-corrected chi connectivity index (χ3v) is 6.49. The largest absolute Gasteiger partial charge is 0.429 e. The van der Waals surface area contributed by atoms with Crippen LogP contribution in [0.15, 0.2) is 35.5 Å². The molecule has 15 heteroatoms. The molecule has 2 aromatic rings. The molecule has 2 heterocycles. The molecule has 3 atom stereocenters. The lowest BCUT2D eigenvalue weighted by Gasteiger charge is -2.29. The van der Waals surface area contributed by atoms with Gasteiger partial charge in [0.2, 0.25) is 11.7 Å². The third kappa shape index (κ3) is 5.44. The highest BCUT2D eigenvalue weighted by Crippen LogP contribution is 2.50.